The van der Waals surface area contributed by atoms with Gasteiger partial charge in [-0.2, -0.15) is 0 Å². The Balaban J connectivity index is 1.19. The summed E-state index contributed by atoms with van der Waals surface area (Å²) in [5.74, 6) is 0. The lowest BCUT2D eigenvalue weighted by Gasteiger charge is -2.15. The molecule has 0 bridgehead atoms. The quantitative estimate of drug-likeness (QED) is 0.183. The van der Waals surface area contributed by atoms with E-state index < -0.39 is 0 Å². The number of hydrogen-bond donors (Lipinski definition) is 0. The van der Waals surface area contributed by atoms with Crippen LogP contribution in [0.3, 0.4) is 0 Å². The van der Waals surface area contributed by atoms with Crippen molar-refractivity contribution in [2.45, 2.75) is 0 Å². The van der Waals surface area contributed by atoms with Gasteiger partial charge in [-0.05, 0) is 86.6 Å². The summed E-state index contributed by atoms with van der Waals surface area (Å²) >= 11 is 0. The van der Waals surface area contributed by atoms with Crippen molar-refractivity contribution in [3.05, 3.63) is 182 Å². The van der Waals surface area contributed by atoms with Crippen molar-refractivity contribution in [3.63, 3.8) is 0 Å². The first-order valence-corrected chi connectivity index (χ1v) is 17.3. The topological polar surface area (TPSA) is 9.86 Å². The Morgan fingerprint density at radius 2 is 0.860 bits per heavy atom. The summed E-state index contributed by atoms with van der Waals surface area (Å²) in [6.07, 6.45) is 0. The molecule has 50 heavy (non-hydrogen) atoms. The molecule has 0 saturated heterocycles. The highest BCUT2D eigenvalue weighted by Gasteiger charge is 2.19. The molecular weight excluding hydrogens is 605 g/mol. The summed E-state index contributed by atoms with van der Waals surface area (Å²) in [6, 6.07) is 66.7. The van der Waals surface area contributed by atoms with Crippen molar-refractivity contribution in [2.24, 2.45) is 0 Å². The first-order chi connectivity index (χ1) is 24.8. The molecule has 0 fully saturated rings. The van der Waals surface area contributed by atoms with Crippen molar-refractivity contribution < 1.29 is 0 Å². The minimum absolute atomic E-state index is 1.17. The van der Waals surface area contributed by atoms with Crippen LogP contribution in [0.2, 0.25) is 0 Å². The highest BCUT2D eigenvalue weighted by molar-refractivity contribution is 6.29. The van der Waals surface area contributed by atoms with Gasteiger partial charge >= 0.3 is 0 Å². The molecule has 11 rings (SSSR count). The maximum absolute atomic E-state index is 2.49. The van der Waals surface area contributed by atoms with Crippen LogP contribution in [0.5, 0.6) is 0 Å². The van der Waals surface area contributed by atoms with Gasteiger partial charge in [0, 0.05) is 32.6 Å². The van der Waals surface area contributed by atoms with Crippen LogP contribution < -0.4 is 0 Å². The molecule has 0 N–H and O–H groups in total. The van der Waals surface area contributed by atoms with Crippen LogP contribution in [-0.2, 0) is 0 Å². The van der Waals surface area contributed by atoms with E-state index in [1.807, 2.05) is 0 Å². The molecular formula is C48H30N2. The lowest BCUT2D eigenvalue weighted by atomic mass is 9.96. The van der Waals surface area contributed by atoms with Crippen molar-refractivity contribution in [1.82, 2.24) is 9.13 Å². The second-order valence-corrected chi connectivity index (χ2v) is 13.3. The van der Waals surface area contributed by atoms with Crippen LogP contribution in [0.15, 0.2) is 182 Å². The van der Waals surface area contributed by atoms with Gasteiger partial charge in [0.05, 0.1) is 27.8 Å². The van der Waals surface area contributed by atoms with Crippen molar-refractivity contribution in [3.8, 4) is 22.5 Å². The second-order valence-electron chi connectivity index (χ2n) is 13.3. The van der Waals surface area contributed by atoms with Crippen molar-refractivity contribution in [2.75, 3.05) is 0 Å². The van der Waals surface area contributed by atoms with E-state index in [2.05, 4.69) is 191 Å². The maximum atomic E-state index is 2.49. The smallest absolute Gasteiger partial charge is 0.0548 e. The van der Waals surface area contributed by atoms with E-state index in [-0.39, 0.29) is 0 Å². The molecule has 232 valence electrons. The lowest BCUT2D eigenvalue weighted by molar-refractivity contribution is 1.18. The summed E-state index contributed by atoms with van der Waals surface area (Å²) < 4.78 is 4.87. The van der Waals surface area contributed by atoms with Crippen LogP contribution in [0.25, 0.3) is 98.4 Å². The summed E-state index contributed by atoms with van der Waals surface area (Å²) in [6.45, 7) is 0. The van der Waals surface area contributed by atoms with Crippen LogP contribution in [-0.4, -0.2) is 9.13 Å². The zero-order valence-corrected chi connectivity index (χ0v) is 27.2. The van der Waals surface area contributed by atoms with E-state index >= 15 is 0 Å². The van der Waals surface area contributed by atoms with Crippen molar-refractivity contribution in [1.29, 1.82) is 0 Å². The van der Waals surface area contributed by atoms with Gasteiger partial charge in [0.15, 0.2) is 0 Å². The van der Waals surface area contributed by atoms with Crippen LogP contribution in [0, 0.1) is 0 Å². The number of aromatic nitrogens is 2. The molecule has 0 radical (unpaired) electrons. The van der Waals surface area contributed by atoms with Gasteiger partial charge in [0.1, 0.15) is 0 Å². The predicted molar refractivity (Wildman–Crippen MR) is 213 cm³/mol. The van der Waals surface area contributed by atoms with E-state index in [0.29, 0.717) is 0 Å². The molecule has 2 nitrogen and oxygen atoms in total. The molecule has 0 atom stereocenters. The third-order valence-corrected chi connectivity index (χ3v) is 10.7. The normalized spacial score (nSPS) is 12.0. The van der Waals surface area contributed by atoms with Gasteiger partial charge in [-0.15, -0.1) is 0 Å². The predicted octanol–water partition coefficient (Wildman–Crippen LogP) is 13.0. The van der Waals surface area contributed by atoms with Gasteiger partial charge in [-0.3, -0.25) is 0 Å². The van der Waals surface area contributed by atoms with E-state index in [0.717, 1.165) is 0 Å². The molecule has 0 aliphatic rings. The first-order valence-electron chi connectivity index (χ1n) is 17.3. The Hall–Kier alpha value is -6.64. The monoisotopic (exact) mass is 634 g/mol. The number of hydrogen-bond acceptors (Lipinski definition) is 0. The Kier molecular flexibility index (Phi) is 5.70. The summed E-state index contributed by atoms with van der Waals surface area (Å²) in [5, 5.41) is 12.7. The van der Waals surface area contributed by atoms with Gasteiger partial charge in [0.2, 0.25) is 0 Å². The third-order valence-electron chi connectivity index (χ3n) is 10.7. The van der Waals surface area contributed by atoms with E-state index in [4.69, 9.17) is 0 Å². The van der Waals surface area contributed by atoms with E-state index in [1.165, 1.54) is 98.4 Å². The largest absolute Gasteiger partial charge is 0.309 e. The lowest BCUT2D eigenvalue weighted by Crippen LogP contribution is -1.96. The molecule has 9 aromatic carbocycles. The molecule has 11 aromatic rings. The first kappa shape index (κ1) is 27.3. The number of fused-ring (bicyclic) bond motifs is 11. The van der Waals surface area contributed by atoms with Gasteiger partial charge in [-0.1, -0.05) is 133 Å². The second kappa shape index (κ2) is 10.4. The highest BCUT2D eigenvalue weighted by Crippen LogP contribution is 2.43. The SMILES string of the molecule is c1ccc(-n2c3ccccc3c3cc(-c4cccc5c(-n6c7ccc8ccccc8c7c7c8ccccc8ccc76)cccc45)ccc32)cc1. The highest BCUT2D eigenvalue weighted by atomic mass is 15.0. The van der Waals surface area contributed by atoms with Gasteiger partial charge in [-0.25, -0.2) is 0 Å². The molecule has 0 saturated carbocycles. The zero-order chi connectivity index (χ0) is 32.8. The molecule has 0 unspecified atom stereocenters. The fourth-order valence-electron chi connectivity index (χ4n) is 8.54. The fourth-order valence-corrected chi connectivity index (χ4v) is 8.54. The van der Waals surface area contributed by atoms with Gasteiger partial charge in [0.25, 0.3) is 0 Å². The zero-order valence-electron chi connectivity index (χ0n) is 27.2. The minimum atomic E-state index is 1.17. The summed E-state index contributed by atoms with van der Waals surface area (Å²) in [5.41, 5.74) is 9.70. The number of rotatable bonds is 3. The Morgan fingerprint density at radius 3 is 1.60 bits per heavy atom. The molecule has 2 aromatic heterocycles. The summed E-state index contributed by atoms with van der Waals surface area (Å²) in [4.78, 5) is 0. The minimum Gasteiger partial charge on any atom is -0.309 e. The summed E-state index contributed by atoms with van der Waals surface area (Å²) in [7, 11) is 0. The average Bonchev–Trinajstić information content (AvgIpc) is 3.71. The Morgan fingerprint density at radius 1 is 0.300 bits per heavy atom. The molecule has 0 aliphatic heterocycles. The van der Waals surface area contributed by atoms with E-state index in [9.17, 15) is 0 Å². The Labute approximate surface area is 288 Å². The molecule has 0 aliphatic carbocycles. The molecule has 2 heteroatoms. The Bertz CT molecular complexity index is 3050. The third kappa shape index (κ3) is 3.79. The van der Waals surface area contributed by atoms with E-state index in [1.54, 1.807) is 0 Å². The van der Waals surface area contributed by atoms with Gasteiger partial charge < -0.3 is 9.13 Å². The molecule has 0 amide bonds. The molecule has 2 heterocycles. The fraction of sp³-hybridized carbons (Fsp3) is 0. The van der Waals surface area contributed by atoms with Crippen LogP contribution in [0.1, 0.15) is 0 Å². The average molecular weight is 635 g/mol. The molecule has 0 spiro atoms. The number of para-hydroxylation sites is 2. The van der Waals surface area contributed by atoms with Crippen molar-refractivity contribution >= 4 is 75.9 Å². The number of nitrogens with zero attached hydrogens (tertiary/aromatic N) is 2. The standard InChI is InChI=1S/C48H30N2/c1-2-14-34(15-3-1)49-42-22-9-8-18-40(42)41-30-33(26-27-44(41)49)35-19-10-21-39-38(35)20-11-23-43(39)50-45-28-24-31-12-4-6-16-36(31)47(45)48-37-17-7-5-13-32(37)25-29-46(48)50/h1-30H. The number of benzene rings is 9. The van der Waals surface area contributed by atoms with Crippen LogP contribution >= 0.6 is 0 Å². The van der Waals surface area contributed by atoms with Crippen LogP contribution in [0.4, 0.5) is 0 Å². The maximum Gasteiger partial charge on any atom is 0.0548 e.